The second-order valence-electron chi connectivity index (χ2n) is 5.22. The molecule has 5 nitrogen and oxygen atoms in total. The first-order chi connectivity index (χ1) is 10.4. The first-order valence-electron chi connectivity index (χ1n) is 7.17. The first-order valence-corrected chi connectivity index (χ1v) is 7.55. The molecule has 0 fully saturated rings. The number of allylic oxidation sites excluding steroid dienone is 1. The molecule has 2 amide bonds. The van der Waals surface area contributed by atoms with Crippen LogP contribution in [0.25, 0.3) is 0 Å². The molecule has 0 saturated heterocycles. The fourth-order valence-electron chi connectivity index (χ4n) is 2.24. The average Bonchev–Trinajstić information content (AvgIpc) is 2.46. The van der Waals surface area contributed by atoms with Crippen LogP contribution in [0.5, 0.6) is 0 Å². The van der Waals surface area contributed by atoms with Crippen LogP contribution in [0.2, 0.25) is 5.02 Å². The Morgan fingerprint density at radius 1 is 1.41 bits per heavy atom. The number of esters is 1. The van der Waals surface area contributed by atoms with Crippen LogP contribution in [0.15, 0.2) is 35.5 Å². The summed E-state index contributed by atoms with van der Waals surface area (Å²) in [7, 11) is 0. The lowest BCUT2D eigenvalue weighted by Gasteiger charge is -2.29. The van der Waals surface area contributed by atoms with Gasteiger partial charge in [-0.3, -0.25) is 0 Å². The third kappa shape index (κ3) is 3.42. The van der Waals surface area contributed by atoms with Gasteiger partial charge in [-0.1, -0.05) is 36.7 Å². The number of hydrogen-bond acceptors (Lipinski definition) is 3. The largest absolute Gasteiger partial charge is 0.459 e. The molecule has 1 aromatic rings. The van der Waals surface area contributed by atoms with E-state index in [9.17, 15) is 9.59 Å². The lowest BCUT2D eigenvalue weighted by Crippen LogP contribution is -2.45. The molecule has 2 atom stereocenters. The minimum absolute atomic E-state index is 0.197. The van der Waals surface area contributed by atoms with E-state index in [0.29, 0.717) is 28.3 Å². The smallest absolute Gasteiger partial charge is 0.338 e. The number of hydrogen-bond donors (Lipinski definition) is 2. The summed E-state index contributed by atoms with van der Waals surface area (Å²) in [6.45, 7) is 5.44. The van der Waals surface area contributed by atoms with Crippen molar-refractivity contribution in [3.63, 3.8) is 0 Å². The van der Waals surface area contributed by atoms with Gasteiger partial charge in [0.2, 0.25) is 0 Å². The molecule has 1 aromatic carbocycles. The second kappa shape index (κ2) is 6.83. The van der Waals surface area contributed by atoms with Crippen LogP contribution in [0.4, 0.5) is 4.79 Å². The number of ether oxygens (including phenoxy) is 1. The maximum Gasteiger partial charge on any atom is 0.338 e. The van der Waals surface area contributed by atoms with Gasteiger partial charge >= 0.3 is 12.0 Å². The molecule has 2 rings (SSSR count). The maximum absolute atomic E-state index is 12.5. The van der Waals surface area contributed by atoms with Crippen molar-refractivity contribution in [2.24, 2.45) is 0 Å². The summed E-state index contributed by atoms with van der Waals surface area (Å²) >= 11 is 6.21. The summed E-state index contributed by atoms with van der Waals surface area (Å²) in [5, 5.41) is 5.82. The van der Waals surface area contributed by atoms with Crippen LogP contribution in [-0.2, 0) is 9.53 Å². The Kier molecular flexibility index (Phi) is 5.08. The molecule has 22 heavy (non-hydrogen) atoms. The number of carbonyl (C=O) groups is 2. The monoisotopic (exact) mass is 322 g/mol. The predicted octanol–water partition coefficient (Wildman–Crippen LogP) is 3.31. The van der Waals surface area contributed by atoms with Crippen molar-refractivity contribution >= 4 is 23.6 Å². The number of amides is 2. The van der Waals surface area contributed by atoms with Crippen molar-refractivity contribution in [2.75, 3.05) is 0 Å². The first kappa shape index (κ1) is 16.4. The van der Waals surface area contributed by atoms with Crippen LogP contribution >= 0.6 is 11.6 Å². The van der Waals surface area contributed by atoms with Crippen LogP contribution in [0, 0.1) is 0 Å². The highest BCUT2D eigenvalue weighted by Gasteiger charge is 2.33. The minimum atomic E-state index is -0.626. The molecule has 0 bridgehead atoms. The SMILES string of the molecule is CC[C@H](C)OC(=O)C1=C(C)NC(=O)N[C@H]1c1ccccc1Cl. The van der Waals surface area contributed by atoms with Crippen molar-refractivity contribution in [3.8, 4) is 0 Å². The fraction of sp³-hybridized carbons (Fsp3) is 0.375. The van der Waals surface area contributed by atoms with E-state index in [1.165, 1.54) is 0 Å². The molecule has 118 valence electrons. The van der Waals surface area contributed by atoms with Gasteiger partial charge < -0.3 is 15.4 Å². The minimum Gasteiger partial charge on any atom is -0.459 e. The van der Waals surface area contributed by atoms with Crippen molar-refractivity contribution in [2.45, 2.75) is 39.3 Å². The summed E-state index contributed by atoms with van der Waals surface area (Å²) in [4.78, 5) is 24.2. The highest BCUT2D eigenvalue weighted by molar-refractivity contribution is 6.31. The number of carbonyl (C=O) groups excluding carboxylic acids is 2. The van der Waals surface area contributed by atoms with E-state index in [-0.39, 0.29) is 12.1 Å². The zero-order chi connectivity index (χ0) is 16.3. The van der Waals surface area contributed by atoms with Crippen molar-refractivity contribution in [1.29, 1.82) is 0 Å². The van der Waals surface area contributed by atoms with Gasteiger partial charge in [0.1, 0.15) is 0 Å². The molecule has 0 radical (unpaired) electrons. The Balaban J connectivity index is 2.41. The van der Waals surface area contributed by atoms with Crippen LogP contribution in [-0.4, -0.2) is 18.1 Å². The molecule has 0 saturated carbocycles. The Morgan fingerprint density at radius 3 is 2.73 bits per heavy atom. The molecule has 1 aliphatic rings. The number of urea groups is 1. The normalized spacial score (nSPS) is 19.3. The average molecular weight is 323 g/mol. The third-order valence-corrected chi connectivity index (χ3v) is 3.93. The fourth-order valence-corrected chi connectivity index (χ4v) is 2.48. The van der Waals surface area contributed by atoms with Crippen molar-refractivity contribution in [3.05, 3.63) is 46.1 Å². The molecule has 2 N–H and O–H groups in total. The molecular weight excluding hydrogens is 304 g/mol. The molecule has 1 heterocycles. The Hall–Kier alpha value is -2.01. The van der Waals surface area contributed by atoms with Crippen LogP contribution in [0.3, 0.4) is 0 Å². The van der Waals surface area contributed by atoms with E-state index in [1.54, 1.807) is 25.1 Å². The highest BCUT2D eigenvalue weighted by Crippen LogP contribution is 2.32. The van der Waals surface area contributed by atoms with E-state index in [4.69, 9.17) is 16.3 Å². The molecule has 0 aromatic heterocycles. The third-order valence-electron chi connectivity index (χ3n) is 3.59. The summed E-state index contributed by atoms with van der Waals surface area (Å²) in [6.07, 6.45) is 0.520. The summed E-state index contributed by atoms with van der Waals surface area (Å²) in [6, 6.07) is 6.10. The van der Waals surface area contributed by atoms with Gasteiger partial charge in [-0.05, 0) is 31.9 Å². The maximum atomic E-state index is 12.5. The van der Waals surface area contributed by atoms with Crippen molar-refractivity contribution < 1.29 is 14.3 Å². The van der Waals surface area contributed by atoms with E-state index < -0.39 is 12.0 Å². The lowest BCUT2D eigenvalue weighted by molar-refractivity contribution is -0.144. The van der Waals surface area contributed by atoms with E-state index >= 15 is 0 Å². The second-order valence-corrected chi connectivity index (χ2v) is 5.62. The number of nitrogens with one attached hydrogen (secondary N) is 2. The van der Waals surface area contributed by atoms with E-state index in [0.717, 1.165) is 0 Å². The van der Waals surface area contributed by atoms with Gasteiger partial charge in [-0.25, -0.2) is 9.59 Å². The number of rotatable bonds is 4. The van der Waals surface area contributed by atoms with E-state index in [1.807, 2.05) is 19.9 Å². The molecule has 6 heteroatoms. The molecular formula is C16H19ClN2O3. The van der Waals surface area contributed by atoms with Crippen LogP contribution < -0.4 is 10.6 Å². The van der Waals surface area contributed by atoms with Gasteiger partial charge in [0.05, 0.1) is 17.7 Å². The van der Waals surface area contributed by atoms with Crippen LogP contribution in [0.1, 0.15) is 38.8 Å². The predicted molar refractivity (Wildman–Crippen MR) is 84.4 cm³/mol. The topological polar surface area (TPSA) is 67.4 Å². The number of benzene rings is 1. The highest BCUT2D eigenvalue weighted by atomic mass is 35.5. The van der Waals surface area contributed by atoms with Gasteiger partial charge in [0.15, 0.2) is 0 Å². The zero-order valence-electron chi connectivity index (χ0n) is 12.8. The molecule has 0 unspecified atom stereocenters. The van der Waals surface area contributed by atoms with Crippen molar-refractivity contribution in [1.82, 2.24) is 10.6 Å². The Labute approximate surface area is 134 Å². The van der Waals surface area contributed by atoms with Gasteiger partial charge in [-0.15, -0.1) is 0 Å². The summed E-state index contributed by atoms with van der Waals surface area (Å²) < 4.78 is 5.41. The Morgan fingerprint density at radius 2 is 2.09 bits per heavy atom. The molecule has 0 aliphatic carbocycles. The lowest BCUT2D eigenvalue weighted by atomic mass is 9.95. The molecule has 1 aliphatic heterocycles. The van der Waals surface area contributed by atoms with Gasteiger partial charge in [-0.2, -0.15) is 0 Å². The van der Waals surface area contributed by atoms with Gasteiger partial charge in [0.25, 0.3) is 0 Å². The summed E-state index contributed by atoms with van der Waals surface area (Å²) in [5.41, 5.74) is 1.50. The quantitative estimate of drug-likeness (QED) is 0.836. The zero-order valence-corrected chi connectivity index (χ0v) is 13.5. The Bertz CT molecular complexity index is 628. The summed E-state index contributed by atoms with van der Waals surface area (Å²) in [5.74, 6) is -0.454. The van der Waals surface area contributed by atoms with E-state index in [2.05, 4.69) is 10.6 Å². The molecule has 0 spiro atoms. The van der Waals surface area contributed by atoms with Gasteiger partial charge in [0, 0.05) is 10.7 Å². The number of halogens is 1. The standard InChI is InChI=1S/C16H19ClN2O3/c1-4-9(2)22-15(20)13-10(3)18-16(21)19-14(13)11-7-5-6-8-12(11)17/h5-9,14H,4H2,1-3H3,(H2,18,19,21)/t9-,14-/m0/s1.